The van der Waals surface area contributed by atoms with E-state index in [0.717, 1.165) is 32.1 Å². The second-order valence-corrected chi connectivity index (χ2v) is 5.06. The fourth-order valence-corrected chi connectivity index (χ4v) is 2.55. The number of carbonyl (C=O) groups excluding carboxylic acids is 1. The Labute approximate surface area is 114 Å². The molecule has 1 aromatic rings. The minimum atomic E-state index is -1.95. The van der Waals surface area contributed by atoms with Crippen LogP contribution in [0.5, 0.6) is 0 Å². The summed E-state index contributed by atoms with van der Waals surface area (Å²) in [5, 5.41) is 0. The van der Waals surface area contributed by atoms with Gasteiger partial charge in [0, 0.05) is 13.1 Å². The second kappa shape index (κ2) is 5.81. The fraction of sp³-hybridized carbons (Fsp3) is 0.500. The molecule has 0 spiro atoms. The van der Waals surface area contributed by atoms with Crippen LogP contribution in [0.4, 0.5) is 17.6 Å². The SMILES string of the molecule is CN(C(=O)c1cc(F)c(F)c(F)c1F)C1CCCCC1. The minimum Gasteiger partial charge on any atom is -0.339 e. The van der Waals surface area contributed by atoms with Crippen molar-refractivity contribution in [1.29, 1.82) is 0 Å². The van der Waals surface area contributed by atoms with Crippen molar-refractivity contribution in [3.63, 3.8) is 0 Å². The number of halogens is 4. The van der Waals surface area contributed by atoms with Crippen LogP contribution in [0.1, 0.15) is 42.5 Å². The van der Waals surface area contributed by atoms with Crippen LogP contribution in [0.2, 0.25) is 0 Å². The van der Waals surface area contributed by atoms with E-state index in [1.165, 1.54) is 11.9 Å². The van der Waals surface area contributed by atoms with Gasteiger partial charge >= 0.3 is 0 Å². The Morgan fingerprint density at radius 1 is 1.05 bits per heavy atom. The van der Waals surface area contributed by atoms with E-state index < -0.39 is 34.7 Å². The maximum atomic E-state index is 13.6. The Kier molecular flexibility index (Phi) is 4.30. The van der Waals surface area contributed by atoms with Gasteiger partial charge in [-0.25, -0.2) is 17.6 Å². The Hall–Kier alpha value is -1.59. The van der Waals surface area contributed by atoms with Crippen LogP contribution < -0.4 is 0 Å². The number of hydrogen-bond acceptors (Lipinski definition) is 1. The molecule has 0 aliphatic heterocycles. The highest BCUT2D eigenvalue weighted by atomic mass is 19.2. The molecule has 1 amide bonds. The Morgan fingerprint density at radius 2 is 1.65 bits per heavy atom. The summed E-state index contributed by atoms with van der Waals surface area (Å²) in [5.74, 6) is -7.89. The van der Waals surface area contributed by atoms with E-state index >= 15 is 0 Å². The zero-order valence-corrected chi connectivity index (χ0v) is 11.1. The monoisotopic (exact) mass is 289 g/mol. The molecule has 2 nitrogen and oxygen atoms in total. The van der Waals surface area contributed by atoms with Crippen molar-refractivity contribution in [3.8, 4) is 0 Å². The zero-order chi connectivity index (χ0) is 14.9. The molecule has 1 fully saturated rings. The molecule has 6 heteroatoms. The third-order valence-electron chi connectivity index (χ3n) is 3.78. The van der Waals surface area contributed by atoms with E-state index in [1.54, 1.807) is 0 Å². The van der Waals surface area contributed by atoms with Gasteiger partial charge in [-0.05, 0) is 18.9 Å². The molecule has 0 N–H and O–H groups in total. The molecule has 0 saturated heterocycles. The number of carbonyl (C=O) groups is 1. The average molecular weight is 289 g/mol. The summed E-state index contributed by atoms with van der Waals surface area (Å²) in [5.41, 5.74) is -0.769. The van der Waals surface area contributed by atoms with Crippen LogP contribution >= 0.6 is 0 Å². The topological polar surface area (TPSA) is 20.3 Å². The van der Waals surface area contributed by atoms with Crippen molar-refractivity contribution in [2.75, 3.05) is 7.05 Å². The van der Waals surface area contributed by atoms with E-state index in [4.69, 9.17) is 0 Å². The smallest absolute Gasteiger partial charge is 0.257 e. The number of hydrogen-bond donors (Lipinski definition) is 0. The summed E-state index contributed by atoms with van der Waals surface area (Å²) >= 11 is 0. The Morgan fingerprint density at radius 3 is 2.25 bits per heavy atom. The van der Waals surface area contributed by atoms with Crippen LogP contribution in [0, 0.1) is 23.3 Å². The minimum absolute atomic E-state index is 0.0770. The summed E-state index contributed by atoms with van der Waals surface area (Å²) in [6, 6.07) is 0.335. The number of rotatable bonds is 2. The predicted octanol–water partition coefficient (Wildman–Crippen LogP) is 3.65. The summed E-state index contributed by atoms with van der Waals surface area (Å²) in [4.78, 5) is 13.4. The molecule has 1 aromatic carbocycles. The first kappa shape index (κ1) is 14.8. The van der Waals surface area contributed by atoms with Gasteiger partial charge in [-0.2, -0.15) is 0 Å². The van der Waals surface area contributed by atoms with Crippen molar-refractivity contribution in [3.05, 3.63) is 34.9 Å². The highest BCUT2D eigenvalue weighted by Gasteiger charge is 2.28. The molecule has 20 heavy (non-hydrogen) atoms. The number of amides is 1. The molecule has 110 valence electrons. The highest BCUT2D eigenvalue weighted by Crippen LogP contribution is 2.25. The van der Waals surface area contributed by atoms with Crippen molar-refractivity contribution in [1.82, 2.24) is 4.90 Å². The van der Waals surface area contributed by atoms with E-state index in [9.17, 15) is 22.4 Å². The van der Waals surface area contributed by atoms with Crippen LogP contribution in [-0.2, 0) is 0 Å². The molecular formula is C14H15F4NO. The molecular weight excluding hydrogens is 274 g/mol. The summed E-state index contributed by atoms with van der Waals surface area (Å²) < 4.78 is 52.8. The van der Waals surface area contributed by atoms with Crippen molar-refractivity contribution < 1.29 is 22.4 Å². The number of nitrogens with zero attached hydrogens (tertiary/aromatic N) is 1. The van der Waals surface area contributed by atoms with Gasteiger partial charge in [0.05, 0.1) is 5.56 Å². The Bertz CT molecular complexity index is 526. The molecule has 1 aliphatic rings. The number of benzene rings is 1. The lowest BCUT2D eigenvalue weighted by Crippen LogP contribution is -2.38. The molecule has 0 atom stereocenters. The first-order valence-corrected chi connectivity index (χ1v) is 6.53. The van der Waals surface area contributed by atoms with Gasteiger partial charge in [0.2, 0.25) is 0 Å². The molecule has 0 bridgehead atoms. The van der Waals surface area contributed by atoms with E-state index in [2.05, 4.69) is 0 Å². The molecule has 0 heterocycles. The average Bonchev–Trinajstić information content (AvgIpc) is 2.48. The van der Waals surface area contributed by atoms with Gasteiger partial charge in [-0.1, -0.05) is 19.3 Å². The van der Waals surface area contributed by atoms with Crippen molar-refractivity contribution >= 4 is 5.91 Å². The third-order valence-corrected chi connectivity index (χ3v) is 3.78. The van der Waals surface area contributed by atoms with Gasteiger partial charge in [-0.3, -0.25) is 4.79 Å². The second-order valence-electron chi connectivity index (χ2n) is 5.06. The van der Waals surface area contributed by atoms with Gasteiger partial charge < -0.3 is 4.90 Å². The molecule has 0 radical (unpaired) electrons. The van der Waals surface area contributed by atoms with Crippen LogP contribution in [0.15, 0.2) is 6.07 Å². The van der Waals surface area contributed by atoms with Gasteiger partial charge in [0.1, 0.15) is 0 Å². The van der Waals surface area contributed by atoms with E-state index in [-0.39, 0.29) is 6.04 Å². The standard InChI is InChI=1S/C14H15F4NO/c1-19(8-5-3-2-4-6-8)14(20)9-7-10(15)12(17)13(18)11(9)16/h7-8H,2-6H2,1H3. The molecule has 2 rings (SSSR count). The summed E-state index contributed by atoms with van der Waals surface area (Å²) in [6.45, 7) is 0. The lowest BCUT2D eigenvalue weighted by atomic mass is 9.94. The third kappa shape index (κ3) is 2.64. The van der Waals surface area contributed by atoms with Crippen molar-refractivity contribution in [2.45, 2.75) is 38.1 Å². The maximum Gasteiger partial charge on any atom is 0.257 e. The molecule has 1 aliphatic carbocycles. The first-order chi connectivity index (χ1) is 9.43. The Balaban J connectivity index is 2.29. The van der Waals surface area contributed by atoms with E-state index in [1.807, 2.05) is 0 Å². The fourth-order valence-electron chi connectivity index (χ4n) is 2.55. The summed E-state index contributed by atoms with van der Waals surface area (Å²) in [6.07, 6.45) is 4.53. The van der Waals surface area contributed by atoms with Gasteiger partial charge in [0.15, 0.2) is 23.3 Å². The van der Waals surface area contributed by atoms with Crippen LogP contribution in [0.3, 0.4) is 0 Å². The lowest BCUT2D eigenvalue weighted by Gasteiger charge is -2.31. The quantitative estimate of drug-likeness (QED) is 0.462. The largest absolute Gasteiger partial charge is 0.339 e. The normalized spacial score (nSPS) is 16.2. The highest BCUT2D eigenvalue weighted by molar-refractivity contribution is 5.94. The molecule has 0 aromatic heterocycles. The first-order valence-electron chi connectivity index (χ1n) is 6.53. The van der Waals surface area contributed by atoms with E-state index in [0.29, 0.717) is 6.07 Å². The van der Waals surface area contributed by atoms with Gasteiger partial charge in [-0.15, -0.1) is 0 Å². The summed E-state index contributed by atoms with van der Waals surface area (Å²) in [7, 11) is 1.47. The van der Waals surface area contributed by atoms with Crippen molar-refractivity contribution in [2.24, 2.45) is 0 Å². The molecule has 0 unspecified atom stereocenters. The van der Waals surface area contributed by atoms with Crippen LogP contribution in [-0.4, -0.2) is 23.9 Å². The maximum absolute atomic E-state index is 13.6. The molecule has 1 saturated carbocycles. The predicted molar refractivity (Wildman–Crippen MR) is 65.2 cm³/mol. The van der Waals surface area contributed by atoms with Crippen LogP contribution in [0.25, 0.3) is 0 Å². The van der Waals surface area contributed by atoms with Gasteiger partial charge in [0.25, 0.3) is 5.91 Å². The zero-order valence-electron chi connectivity index (χ0n) is 11.1. The lowest BCUT2D eigenvalue weighted by molar-refractivity contribution is 0.0689.